The average Bonchev–Trinajstić information content (AvgIpc) is 2.51. The second-order valence-electron chi connectivity index (χ2n) is 6.36. The fourth-order valence-electron chi connectivity index (χ4n) is 2.79. The van der Waals surface area contributed by atoms with E-state index in [0.717, 1.165) is 0 Å². The van der Waals surface area contributed by atoms with Gasteiger partial charge >= 0.3 is 76.5 Å². The van der Waals surface area contributed by atoms with Crippen molar-refractivity contribution in [1.29, 1.82) is 0 Å². The predicted molar refractivity (Wildman–Crippen MR) is 109 cm³/mol. The molecule has 0 amide bonds. The molecule has 226 valence electrons. The van der Waals surface area contributed by atoms with Crippen LogP contribution in [0.5, 0.6) is 0 Å². The van der Waals surface area contributed by atoms with Crippen molar-refractivity contribution < 1.29 is 144 Å². The van der Waals surface area contributed by atoms with Crippen LogP contribution in [0.1, 0.15) is 8.85 Å². The molecule has 1 aliphatic carbocycles. The van der Waals surface area contributed by atoms with Crippen molar-refractivity contribution in [2.45, 2.75) is 44.1 Å². The van der Waals surface area contributed by atoms with Gasteiger partial charge in [0.15, 0.2) is 0 Å². The smallest absolute Gasteiger partial charge is 1.00 e. The summed E-state index contributed by atoms with van der Waals surface area (Å²) in [6.07, 6.45) is -18.9. The second-order valence-corrected chi connectivity index (χ2v) is 13.5. The van der Waals surface area contributed by atoms with Gasteiger partial charge in [0, 0.05) is 0 Å². The maximum atomic E-state index is 11.4. The normalized spacial score (nSPS) is 27.8. The summed E-state index contributed by atoms with van der Waals surface area (Å²) in [4.78, 5) is 110. The first-order valence-electron chi connectivity index (χ1n) is 8.01. The number of phosphoric ester groups is 6. The van der Waals surface area contributed by atoms with Crippen molar-refractivity contribution in [1.82, 2.24) is 0 Å². The summed E-state index contributed by atoms with van der Waals surface area (Å²) in [7, 11) is -36.1. The van der Waals surface area contributed by atoms with Crippen molar-refractivity contribution in [2.24, 2.45) is 0 Å². The van der Waals surface area contributed by atoms with Gasteiger partial charge in [-0.2, -0.15) is 0 Å². The summed E-state index contributed by atoms with van der Waals surface area (Å²) in [5, 5.41) is 0. The molecule has 31 heteroatoms. The summed E-state index contributed by atoms with van der Waals surface area (Å²) in [5.41, 5.74) is 0. The van der Waals surface area contributed by atoms with Crippen LogP contribution < -0.4 is 29.6 Å². The third-order valence-electron chi connectivity index (χ3n) is 3.50. The van der Waals surface area contributed by atoms with E-state index < -0.39 is 83.6 Å². The summed E-state index contributed by atoms with van der Waals surface area (Å²) in [6, 6.07) is 0. The van der Waals surface area contributed by atoms with E-state index in [2.05, 4.69) is 27.1 Å². The van der Waals surface area contributed by atoms with Crippen LogP contribution in [0.4, 0.5) is 0 Å². The van der Waals surface area contributed by atoms with Crippen molar-refractivity contribution in [3.8, 4) is 0 Å². The van der Waals surface area contributed by atoms with Gasteiger partial charge in [-0.3, -0.25) is 27.1 Å². The number of phosphoric acid groups is 6. The molecule has 12 N–H and O–H groups in total. The van der Waals surface area contributed by atoms with Crippen LogP contribution in [-0.4, -0.2) is 95.3 Å². The molecule has 0 aliphatic heterocycles. The van der Waals surface area contributed by atoms with Crippen LogP contribution in [0.2, 0.25) is 0 Å². The minimum absolute atomic E-state index is 0. The van der Waals surface area contributed by atoms with E-state index in [0.29, 0.717) is 0 Å². The van der Waals surface area contributed by atoms with E-state index in [1.807, 2.05) is 0 Å². The van der Waals surface area contributed by atoms with E-state index in [1.54, 1.807) is 0 Å². The molecule has 0 unspecified atom stereocenters. The standard InChI is InChI=1S/C6H18O24P6.CH4.Na.H/c7-31(8,9)25-1-2(26-32(10,11)12)4(28-34(16,17)18)6(30-36(22,23)24)5(29-35(19,20)21)3(1)27-33(13,14)15;;;/h1-6H,(H2,7,8,9)(H2,10,11,12)(H2,13,14,15)(H2,16,17,18)(H2,19,20,21)(H2,22,23,24);1H4;;/q;;+1;-1. The first kappa shape index (κ1) is 41.8. The van der Waals surface area contributed by atoms with Crippen LogP contribution in [0, 0.1) is 0 Å². The molecule has 24 nitrogen and oxygen atoms in total. The molecule has 0 bridgehead atoms. The third-order valence-corrected chi connectivity index (χ3v) is 6.61. The van der Waals surface area contributed by atoms with Gasteiger partial charge in [0.25, 0.3) is 0 Å². The molecular weight excluding hydrogens is 677 g/mol. The van der Waals surface area contributed by atoms with Crippen LogP contribution in [0.3, 0.4) is 0 Å². The Morgan fingerprint density at radius 3 is 0.474 bits per heavy atom. The van der Waals surface area contributed by atoms with Gasteiger partial charge in [-0.05, 0) is 0 Å². The summed E-state index contributed by atoms with van der Waals surface area (Å²) in [5.74, 6) is 0. The van der Waals surface area contributed by atoms with E-state index >= 15 is 0 Å². The Morgan fingerprint density at radius 2 is 0.421 bits per heavy atom. The van der Waals surface area contributed by atoms with E-state index in [-0.39, 0.29) is 38.4 Å². The summed E-state index contributed by atoms with van der Waals surface area (Å²) in [6.45, 7) is 0. The molecule has 0 aromatic carbocycles. The zero-order valence-corrected chi connectivity index (χ0v) is 24.8. The zero-order valence-electron chi connectivity index (χ0n) is 18.4. The fraction of sp³-hybridized carbons (Fsp3) is 1.00. The molecule has 1 aliphatic rings. The maximum Gasteiger partial charge on any atom is 1.00 e. The molecule has 0 radical (unpaired) electrons. The summed E-state index contributed by atoms with van der Waals surface area (Å²) >= 11 is 0. The van der Waals surface area contributed by atoms with Crippen LogP contribution in [0.15, 0.2) is 0 Å². The van der Waals surface area contributed by atoms with Crippen LogP contribution in [-0.2, 0) is 54.5 Å². The van der Waals surface area contributed by atoms with Crippen LogP contribution >= 0.6 is 46.9 Å². The SMILES string of the molecule is C.O=P(O)(O)OC1C(OP(=O)(O)O)C(OP(=O)(O)O)C(OP(=O)(O)O)C(OP(=O)(O)O)C1OP(=O)(O)O.[H-].[Na+]. The fourth-order valence-corrected chi connectivity index (χ4v) is 6.14. The van der Waals surface area contributed by atoms with Gasteiger partial charge in [0.1, 0.15) is 36.6 Å². The Morgan fingerprint density at radius 1 is 0.342 bits per heavy atom. The minimum Gasteiger partial charge on any atom is -1.00 e. The molecule has 0 saturated heterocycles. The first-order chi connectivity index (χ1) is 15.6. The van der Waals surface area contributed by atoms with E-state index in [9.17, 15) is 27.4 Å². The van der Waals surface area contributed by atoms with Gasteiger partial charge in [0.2, 0.25) is 0 Å². The Balaban J connectivity index is -0.00000432. The molecule has 0 heterocycles. The largest absolute Gasteiger partial charge is 1.00 e. The Labute approximate surface area is 234 Å². The molecule has 0 atom stereocenters. The van der Waals surface area contributed by atoms with Crippen molar-refractivity contribution in [2.75, 3.05) is 0 Å². The molecule has 1 fully saturated rings. The number of hydrogen-bond acceptors (Lipinski definition) is 12. The summed E-state index contributed by atoms with van der Waals surface area (Å²) < 4.78 is 93.1. The van der Waals surface area contributed by atoms with Crippen LogP contribution in [0.25, 0.3) is 0 Å². The average molecular weight is 700 g/mol. The minimum atomic E-state index is -6.02. The maximum absolute atomic E-state index is 11.4. The Bertz CT molecular complexity index is 834. The van der Waals surface area contributed by atoms with Crippen molar-refractivity contribution in [3.05, 3.63) is 0 Å². The van der Waals surface area contributed by atoms with Gasteiger partial charge in [-0.25, -0.2) is 27.4 Å². The first-order valence-corrected chi connectivity index (χ1v) is 17.2. The number of hydrogen-bond donors (Lipinski definition) is 12. The quantitative estimate of drug-likeness (QED) is 0.0667. The zero-order chi connectivity index (χ0) is 28.7. The van der Waals surface area contributed by atoms with Gasteiger partial charge in [0.05, 0.1) is 0 Å². The van der Waals surface area contributed by atoms with E-state index in [4.69, 9.17) is 58.7 Å². The monoisotopic (exact) mass is 700 g/mol. The molecule has 38 heavy (non-hydrogen) atoms. The van der Waals surface area contributed by atoms with Gasteiger partial charge in [-0.15, -0.1) is 0 Å². The predicted octanol–water partition coefficient (Wildman–Crippen LogP) is -5.38. The van der Waals surface area contributed by atoms with Crippen molar-refractivity contribution >= 4 is 46.9 Å². The topological polar surface area (TPSA) is 401 Å². The molecule has 1 saturated carbocycles. The van der Waals surface area contributed by atoms with Gasteiger partial charge < -0.3 is 60.1 Å². The van der Waals surface area contributed by atoms with Crippen molar-refractivity contribution in [3.63, 3.8) is 0 Å². The molecule has 0 aromatic heterocycles. The Hall–Kier alpha value is 1.66. The van der Waals surface area contributed by atoms with E-state index in [1.165, 1.54) is 0 Å². The third kappa shape index (κ3) is 16.3. The molecule has 0 spiro atoms. The molecule has 0 aromatic rings. The molecule has 1 rings (SSSR count). The van der Waals surface area contributed by atoms with Gasteiger partial charge in [-0.1, -0.05) is 7.43 Å². The number of rotatable bonds is 12. The second kappa shape index (κ2) is 14.4. The Kier molecular flexibility index (Phi) is 15.9. The molecular formula is C7H23NaO24P6.